The molecule has 1 aliphatic rings. The summed E-state index contributed by atoms with van der Waals surface area (Å²) >= 11 is 6.18. The van der Waals surface area contributed by atoms with Gasteiger partial charge in [-0.2, -0.15) is 0 Å². The van der Waals surface area contributed by atoms with Crippen molar-refractivity contribution in [2.75, 3.05) is 13.7 Å². The van der Waals surface area contributed by atoms with Crippen LogP contribution in [0.5, 0.6) is 5.75 Å². The second-order valence-corrected chi connectivity index (χ2v) is 9.54. The Morgan fingerprint density at radius 3 is 2.47 bits per heavy atom. The summed E-state index contributed by atoms with van der Waals surface area (Å²) < 4.78 is 43.7. The number of nitrogens with zero attached hydrogens (tertiary/aromatic N) is 1. The molecule has 0 radical (unpaired) electrons. The Bertz CT molecular complexity index is 1080. The number of benzene rings is 2. The van der Waals surface area contributed by atoms with E-state index in [4.69, 9.17) is 25.8 Å². The monoisotopic (exact) mass is 495 g/mol. The molecule has 6 nitrogen and oxygen atoms in total. The van der Waals surface area contributed by atoms with E-state index in [1.165, 1.54) is 24.1 Å². The number of rotatable bonds is 5. The lowest BCUT2D eigenvalue weighted by Crippen LogP contribution is -2.46. The van der Waals surface area contributed by atoms with E-state index in [1.54, 1.807) is 45.0 Å². The minimum absolute atomic E-state index is 0.00793. The molecule has 34 heavy (non-hydrogen) atoms. The van der Waals surface area contributed by atoms with Gasteiger partial charge in [0.15, 0.2) is 6.04 Å². The van der Waals surface area contributed by atoms with Crippen LogP contribution in [0.25, 0.3) is 0 Å². The molecule has 0 saturated carbocycles. The fraction of sp³-hybridized carbons (Fsp3) is 0.440. The van der Waals surface area contributed by atoms with Gasteiger partial charge in [0.2, 0.25) is 0 Å². The molecule has 9 heteroatoms. The molecule has 0 N–H and O–H groups in total. The molecule has 1 atom stereocenters. The predicted molar refractivity (Wildman–Crippen MR) is 123 cm³/mol. The number of hydrogen-bond donors (Lipinski definition) is 0. The van der Waals surface area contributed by atoms with E-state index in [0.717, 1.165) is 12.5 Å². The summed E-state index contributed by atoms with van der Waals surface area (Å²) in [5.41, 5.74) is 0.885. The van der Waals surface area contributed by atoms with Gasteiger partial charge in [-0.25, -0.2) is 18.4 Å². The van der Waals surface area contributed by atoms with Crippen LogP contribution in [0.1, 0.15) is 56.0 Å². The molecule has 0 aliphatic carbocycles. The summed E-state index contributed by atoms with van der Waals surface area (Å²) in [5, 5.41) is -0.0354. The van der Waals surface area contributed by atoms with Gasteiger partial charge in [-0.3, -0.25) is 4.90 Å². The van der Waals surface area contributed by atoms with Crippen molar-refractivity contribution in [1.82, 2.24) is 4.90 Å². The summed E-state index contributed by atoms with van der Waals surface area (Å²) in [6.07, 6.45) is -0.131. The van der Waals surface area contributed by atoms with E-state index in [9.17, 15) is 18.4 Å². The van der Waals surface area contributed by atoms with Crippen molar-refractivity contribution in [2.45, 2.75) is 58.3 Å². The van der Waals surface area contributed by atoms with Crippen LogP contribution < -0.4 is 4.74 Å². The summed E-state index contributed by atoms with van der Waals surface area (Å²) in [6, 6.07) is 8.59. The van der Waals surface area contributed by atoms with Gasteiger partial charge >= 0.3 is 12.1 Å². The van der Waals surface area contributed by atoms with E-state index >= 15 is 0 Å². The first kappa shape index (κ1) is 25.7. The third kappa shape index (κ3) is 5.78. The van der Waals surface area contributed by atoms with Crippen LogP contribution in [0.4, 0.5) is 13.6 Å². The van der Waals surface area contributed by atoms with Crippen molar-refractivity contribution < 1.29 is 32.6 Å². The number of amides is 1. The normalized spacial score (nSPS) is 16.0. The Hall–Kier alpha value is -2.87. The third-order valence-electron chi connectivity index (χ3n) is 5.34. The molecule has 1 aliphatic heterocycles. The van der Waals surface area contributed by atoms with E-state index in [2.05, 4.69) is 0 Å². The van der Waals surface area contributed by atoms with Crippen LogP contribution in [0.2, 0.25) is 5.02 Å². The largest absolute Gasteiger partial charge is 0.489 e. The molecule has 0 aromatic heterocycles. The molecule has 0 spiro atoms. The zero-order valence-electron chi connectivity index (χ0n) is 19.8. The topological polar surface area (TPSA) is 65.1 Å². The number of methoxy groups -OCH3 is 1. The number of alkyl halides is 2. The van der Waals surface area contributed by atoms with Gasteiger partial charge in [-0.15, -0.1) is 0 Å². The number of hydrogen-bond acceptors (Lipinski definition) is 5. The van der Waals surface area contributed by atoms with E-state index in [0.29, 0.717) is 23.3 Å². The highest BCUT2D eigenvalue weighted by atomic mass is 35.5. The van der Waals surface area contributed by atoms with Crippen LogP contribution in [0, 0.1) is 0 Å². The average Bonchev–Trinajstić information content (AvgIpc) is 2.74. The van der Waals surface area contributed by atoms with Gasteiger partial charge in [0.25, 0.3) is 5.92 Å². The van der Waals surface area contributed by atoms with Gasteiger partial charge in [-0.05, 0) is 50.5 Å². The first-order chi connectivity index (χ1) is 15.8. The van der Waals surface area contributed by atoms with Crippen LogP contribution >= 0.6 is 11.6 Å². The second-order valence-electron chi connectivity index (χ2n) is 9.17. The van der Waals surface area contributed by atoms with Crippen LogP contribution in [0.15, 0.2) is 36.4 Å². The number of fused-ring (bicyclic) bond motifs is 1. The fourth-order valence-corrected chi connectivity index (χ4v) is 4.11. The summed E-state index contributed by atoms with van der Waals surface area (Å²) in [5.74, 6) is -3.16. The van der Waals surface area contributed by atoms with Crippen molar-refractivity contribution in [3.8, 4) is 5.75 Å². The molecule has 3 rings (SSSR count). The Kier molecular flexibility index (Phi) is 7.41. The summed E-state index contributed by atoms with van der Waals surface area (Å²) in [6.45, 7) is 6.30. The molecule has 0 fully saturated rings. The van der Waals surface area contributed by atoms with Gasteiger partial charge < -0.3 is 14.2 Å². The first-order valence-corrected chi connectivity index (χ1v) is 11.2. The highest BCUT2D eigenvalue weighted by Gasteiger charge is 2.39. The van der Waals surface area contributed by atoms with Crippen LogP contribution in [0.3, 0.4) is 0 Å². The number of carbonyl (C=O) groups is 2. The highest BCUT2D eigenvalue weighted by Crippen LogP contribution is 2.36. The van der Waals surface area contributed by atoms with Crippen molar-refractivity contribution in [3.63, 3.8) is 0 Å². The lowest BCUT2D eigenvalue weighted by molar-refractivity contribution is -0.147. The smallest absolute Gasteiger partial charge is 0.411 e. The number of esters is 1. The van der Waals surface area contributed by atoms with E-state index < -0.39 is 29.6 Å². The van der Waals surface area contributed by atoms with Crippen LogP contribution in [-0.4, -0.2) is 36.2 Å². The maximum absolute atomic E-state index is 13.8. The number of halogens is 3. The maximum atomic E-state index is 13.8. The maximum Gasteiger partial charge on any atom is 0.411 e. The number of carbonyl (C=O) groups excluding carboxylic acids is 2. The fourth-order valence-electron chi connectivity index (χ4n) is 3.77. The average molecular weight is 496 g/mol. The lowest BCUT2D eigenvalue weighted by atomic mass is 9.92. The molecule has 0 bridgehead atoms. The lowest BCUT2D eigenvalue weighted by Gasteiger charge is -2.36. The van der Waals surface area contributed by atoms with Gasteiger partial charge in [0.05, 0.1) is 12.1 Å². The Morgan fingerprint density at radius 1 is 1.15 bits per heavy atom. The zero-order valence-corrected chi connectivity index (χ0v) is 20.5. The molecule has 2 aromatic rings. The Labute approximate surface area is 202 Å². The molecule has 0 unspecified atom stereocenters. The summed E-state index contributed by atoms with van der Waals surface area (Å²) in [7, 11) is 1.26. The van der Waals surface area contributed by atoms with E-state index in [1.807, 2.05) is 0 Å². The van der Waals surface area contributed by atoms with Crippen LogP contribution in [-0.2, 0) is 33.2 Å². The van der Waals surface area contributed by atoms with Gasteiger partial charge in [0, 0.05) is 24.6 Å². The molecule has 0 saturated heterocycles. The highest BCUT2D eigenvalue weighted by molar-refractivity contribution is 6.32. The van der Waals surface area contributed by atoms with Crippen molar-refractivity contribution >= 4 is 23.7 Å². The SMILES string of the molecule is COC(=O)[C@H]1c2ccc(OCc3cccc(C(C)(F)F)c3Cl)cc2CCN1C(=O)OC(C)(C)C. The van der Waals surface area contributed by atoms with E-state index in [-0.39, 0.29) is 23.7 Å². The number of ether oxygens (including phenoxy) is 3. The molecular formula is C25H28ClF2NO5. The van der Waals surface area contributed by atoms with Gasteiger partial charge in [0.1, 0.15) is 18.0 Å². The Balaban J connectivity index is 1.83. The third-order valence-corrected chi connectivity index (χ3v) is 5.79. The van der Waals surface area contributed by atoms with Crippen molar-refractivity contribution in [1.29, 1.82) is 0 Å². The quantitative estimate of drug-likeness (QED) is 0.473. The molecule has 1 heterocycles. The summed E-state index contributed by atoms with van der Waals surface area (Å²) in [4.78, 5) is 26.7. The minimum Gasteiger partial charge on any atom is -0.489 e. The predicted octanol–water partition coefficient (Wildman–Crippen LogP) is 6.04. The Morgan fingerprint density at radius 2 is 1.85 bits per heavy atom. The first-order valence-electron chi connectivity index (χ1n) is 10.8. The second kappa shape index (κ2) is 9.78. The molecular weight excluding hydrogens is 468 g/mol. The van der Waals surface area contributed by atoms with Crippen molar-refractivity contribution in [3.05, 3.63) is 63.7 Å². The molecule has 1 amide bonds. The van der Waals surface area contributed by atoms with Crippen molar-refractivity contribution in [2.24, 2.45) is 0 Å². The minimum atomic E-state index is -3.07. The molecule has 2 aromatic carbocycles. The standard InChI is InChI=1S/C25H28ClF2NO5/c1-24(2,3)34-23(31)29-12-11-15-13-17(9-10-18(15)21(29)22(30)32-5)33-14-16-7-6-8-19(20(16)26)25(4,27)28/h6-10,13,21H,11-12,14H2,1-5H3/t21-/m1/s1. The molecule has 184 valence electrons. The zero-order chi connectivity index (χ0) is 25.3. The van der Waals surface area contributed by atoms with Gasteiger partial charge in [-0.1, -0.05) is 35.9 Å².